The summed E-state index contributed by atoms with van der Waals surface area (Å²) in [6, 6.07) is 4.63. The van der Waals surface area contributed by atoms with E-state index in [-0.39, 0.29) is 12.2 Å². The van der Waals surface area contributed by atoms with Crippen LogP contribution in [0.4, 0.5) is 15.8 Å². The molecule has 20 heavy (non-hydrogen) atoms. The van der Waals surface area contributed by atoms with Gasteiger partial charge in [0, 0.05) is 17.5 Å². The van der Waals surface area contributed by atoms with Gasteiger partial charge in [0.2, 0.25) is 0 Å². The monoisotopic (exact) mass is 300 g/mol. The highest BCUT2D eigenvalue weighted by molar-refractivity contribution is 7.97. The van der Waals surface area contributed by atoms with E-state index in [9.17, 15) is 14.5 Å². The fraction of sp³-hybridized carbons (Fsp3) is 0.500. The minimum Gasteiger partial charge on any atom is -0.376 e. The van der Waals surface area contributed by atoms with E-state index >= 15 is 0 Å². The van der Waals surface area contributed by atoms with E-state index in [0.29, 0.717) is 36.5 Å². The second kappa shape index (κ2) is 6.38. The topological polar surface area (TPSA) is 93.2 Å². The van der Waals surface area contributed by atoms with Crippen molar-refractivity contribution in [3.05, 3.63) is 28.3 Å². The van der Waals surface area contributed by atoms with Crippen LogP contribution in [0.2, 0.25) is 0 Å². The molecule has 1 aromatic carbocycles. The van der Waals surface area contributed by atoms with Crippen LogP contribution in [-0.4, -0.2) is 30.2 Å². The van der Waals surface area contributed by atoms with Gasteiger partial charge in [-0.2, -0.15) is 0 Å². The Morgan fingerprint density at radius 1 is 1.50 bits per heavy atom. The van der Waals surface area contributed by atoms with Crippen LogP contribution in [0.5, 0.6) is 0 Å². The van der Waals surface area contributed by atoms with Gasteiger partial charge in [0.25, 0.3) is 5.69 Å². The van der Waals surface area contributed by atoms with Crippen LogP contribution in [0.25, 0.3) is 0 Å². The van der Waals surface area contributed by atoms with Crippen LogP contribution in [0.3, 0.4) is 0 Å². The molecule has 0 saturated carbocycles. The van der Waals surface area contributed by atoms with Crippen LogP contribution in [0.15, 0.2) is 23.1 Å². The van der Waals surface area contributed by atoms with Crippen molar-refractivity contribution >= 4 is 23.3 Å². The molecule has 1 aliphatic heterocycles. The normalized spacial score (nSPS) is 17.7. The van der Waals surface area contributed by atoms with E-state index in [4.69, 9.17) is 5.14 Å². The summed E-state index contributed by atoms with van der Waals surface area (Å²) in [4.78, 5) is 11.1. The average Bonchev–Trinajstić information content (AvgIpc) is 2.45. The van der Waals surface area contributed by atoms with E-state index in [1.807, 2.05) is 0 Å². The third kappa shape index (κ3) is 3.59. The Kier molecular flexibility index (Phi) is 4.79. The number of nitrogens with zero attached hydrogens (tertiary/aromatic N) is 1. The van der Waals surface area contributed by atoms with E-state index in [2.05, 4.69) is 10.6 Å². The number of hydrogen-bond acceptors (Lipinski definition) is 6. The standard InChI is InChI=1S/C12H17FN4O2S/c13-12(3-5-15-6-4-12)8-16-10-2-1-9(20-14)7-11(10)17(18)19/h1-2,7,15-16H,3-6,8,14H2. The number of nitro groups is 1. The first-order valence-corrected chi connectivity index (χ1v) is 7.21. The molecule has 1 fully saturated rings. The fourth-order valence-corrected chi connectivity index (χ4v) is 2.52. The fourth-order valence-electron chi connectivity index (χ4n) is 2.19. The van der Waals surface area contributed by atoms with Gasteiger partial charge in [-0.05, 0) is 50.0 Å². The number of hydrogen-bond donors (Lipinski definition) is 3. The zero-order valence-electron chi connectivity index (χ0n) is 10.9. The molecule has 0 spiro atoms. The Hall–Kier alpha value is -1.38. The largest absolute Gasteiger partial charge is 0.376 e. The Morgan fingerprint density at radius 3 is 2.80 bits per heavy atom. The van der Waals surface area contributed by atoms with Crippen molar-refractivity contribution in [1.82, 2.24) is 5.32 Å². The molecule has 0 unspecified atom stereocenters. The molecule has 1 aromatic rings. The molecule has 0 aliphatic carbocycles. The summed E-state index contributed by atoms with van der Waals surface area (Å²) in [5.41, 5.74) is -1.08. The zero-order chi connectivity index (χ0) is 14.6. The summed E-state index contributed by atoms with van der Waals surface area (Å²) in [6.07, 6.45) is 0.815. The zero-order valence-corrected chi connectivity index (χ0v) is 11.7. The summed E-state index contributed by atoms with van der Waals surface area (Å²) >= 11 is 0.940. The van der Waals surface area contributed by atoms with Crippen molar-refractivity contribution in [1.29, 1.82) is 0 Å². The lowest BCUT2D eigenvalue weighted by Crippen LogP contribution is -2.43. The second-order valence-corrected chi connectivity index (χ2v) is 5.52. The van der Waals surface area contributed by atoms with E-state index < -0.39 is 10.6 Å². The van der Waals surface area contributed by atoms with Crippen molar-refractivity contribution in [3.8, 4) is 0 Å². The summed E-state index contributed by atoms with van der Waals surface area (Å²) < 4.78 is 14.4. The molecule has 6 nitrogen and oxygen atoms in total. The van der Waals surface area contributed by atoms with Gasteiger partial charge in [0.05, 0.1) is 4.92 Å². The number of halogens is 1. The van der Waals surface area contributed by atoms with Gasteiger partial charge in [-0.1, -0.05) is 0 Å². The molecule has 110 valence electrons. The van der Waals surface area contributed by atoms with Crippen LogP contribution in [0.1, 0.15) is 12.8 Å². The molecule has 4 N–H and O–H groups in total. The summed E-state index contributed by atoms with van der Waals surface area (Å²) in [7, 11) is 0. The highest BCUT2D eigenvalue weighted by Crippen LogP contribution is 2.30. The maximum atomic E-state index is 14.4. The molecular weight excluding hydrogens is 283 g/mol. The van der Waals surface area contributed by atoms with Gasteiger partial charge in [0.1, 0.15) is 11.4 Å². The SMILES string of the molecule is NSc1ccc(NCC2(F)CCNCC2)c([N+](=O)[O-])c1. The number of nitro benzene ring substituents is 1. The number of nitrogens with one attached hydrogen (secondary N) is 2. The maximum absolute atomic E-state index is 14.4. The highest BCUT2D eigenvalue weighted by Gasteiger charge is 2.32. The van der Waals surface area contributed by atoms with E-state index in [1.165, 1.54) is 6.07 Å². The van der Waals surface area contributed by atoms with Gasteiger partial charge in [-0.15, -0.1) is 0 Å². The lowest BCUT2D eigenvalue weighted by atomic mass is 9.94. The molecule has 0 radical (unpaired) electrons. The van der Waals surface area contributed by atoms with Crippen LogP contribution < -0.4 is 15.8 Å². The summed E-state index contributed by atoms with van der Waals surface area (Å²) in [6.45, 7) is 1.33. The van der Waals surface area contributed by atoms with Gasteiger partial charge in [-0.3, -0.25) is 15.3 Å². The molecule has 1 saturated heterocycles. The molecule has 1 heterocycles. The third-order valence-electron chi connectivity index (χ3n) is 3.40. The molecule has 0 amide bonds. The molecule has 2 rings (SSSR count). The first-order valence-electron chi connectivity index (χ1n) is 6.33. The minimum absolute atomic E-state index is 0.0740. The van der Waals surface area contributed by atoms with Crippen LogP contribution in [0, 0.1) is 10.1 Å². The molecule has 0 bridgehead atoms. The van der Waals surface area contributed by atoms with Crippen LogP contribution in [-0.2, 0) is 0 Å². The molecule has 8 heteroatoms. The number of alkyl halides is 1. The van der Waals surface area contributed by atoms with E-state index in [1.54, 1.807) is 12.1 Å². The van der Waals surface area contributed by atoms with E-state index in [0.717, 1.165) is 11.9 Å². The average molecular weight is 300 g/mol. The predicted molar refractivity (Wildman–Crippen MR) is 77.6 cm³/mol. The number of anilines is 1. The number of nitrogens with two attached hydrogens (primary N) is 1. The van der Waals surface area contributed by atoms with Crippen molar-refractivity contribution in [2.24, 2.45) is 5.14 Å². The van der Waals surface area contributed by atoms with Crippen molar-refractivity contribution in [2.75, 3.05) is 25.0 Å². The third-order valence-corrected chi connectivity index (χ3v) is 3.92. The lowest BCUT2D eigenvalue weighted by Gasteiger charge is -2.30. The first kappa shape index (κ1) is 15.0. The highest BCUT2D eigenvalue weighted by atomic mass is 32.2. The quantitative estimate of drug-likeness (QED) is 0.438. The smallest absolute Gasteiger partial charge is 0.293 e. The molecule has 0 aromatic heterocycles. The molecule has 0 atom stereocenters. The van der Waals surface area contributed by atoms with Gasteiger partial charge < -0.3 is 10.6 Å². The van der Waals surface area contributed by atoms with Crippen LogP contribution >= 0.6 is 11.9 Å². The maximum Gasteiger partial charge on any atom is 0.293 e. The Balaban J connectivity index is 2.10. The Morgan fingerprint density at radius 2 is 2.20 bits per heavy atom. The van der Waals surface area contributed by atoms with Crippen molar-refractivity contribution < 1.29 is 9.31 Å². The first-order chi connectivity index (χ1) is 9.54. The minimum atomic E-state index is -1.32. The van der Waals surface area contributed by atoms with Gasteiger partial charge in [-0.25, -0.2) is 4.39 Å². The van der Waals surface area contributed by atoms with Crippen molar-refractivity contribution in [3.63, 3.8) is 0 Å². The van der Waals surface area contributed by atoms with Gasteiger partial charge >= 0.3 is 0 Å². The number of rotatable bonds is 5. The van der Waals surface area contributed by atoms with Crippen molar-refractivity contribution in [2.45, 2.75) is 23.4 Å². The number of piperidine rings is 1. The second-order valence-electron chi connectivity index (χ2n) is 4.81. The molecule has 1 aliphatic rings. The molecular formula is C12H17FN4O2S. The summed E-state index contributed by atoms with van der Waals surface area (Å²) in [5, 5.41) is 22.4. The lowest BCUT2D eigenvalue weighted by molar-refractivity contribution is -0.384. The number of benzene rings is 1. The summed E-state index contributed by atoms with van der Waals surface area (Å²) in [5.74, 6) is 0. The Labute approximate surface area is 120 Å². The predicted octanol–water partition coefficient (Wildman–Crippen LogP) is 2.06. The Bertz CT molecular complexity index is 494. The van der Waals surface area contributed by atoms with Gasteiger partial charge in [0.15, 0.2) is 0 Å².